The molecule has 0 fully saturated rings. The van der Waals surface area contributed by atoms with Crippen molar-refractivity contribution in [3.63, 3.8) is 0 Å². The number of aliphatic hydroxyl groups is 1. The second-order valence-corrected chi connectivity index (χ2v) is 4.45. The second-order valence-electron chi connectivity index (χ2n) is 3.53. The van der Waals surface area contributed by atoms with E-state index in [1.807, 2.05) is 6.07 Å². The van der Waals surface area contributed by atoms with E-state index in [1.54, 1.807) is 19.1 Å². The van der Waals surface area contributed by atoms with Gasteiger partial charge in [0, 0.05) is 10.0 Å². The van der Waals surface area contributed by atoms with Crippen molar-refractivity contribution in [2.45, 2.75) is 19.4 Å². The van der Waals surface area contributed by atoms with Crippen LogP contribution in [0, 0.1) is 0 Å². The molecule has 0 amide bonds. The molecule has 1 aromatic rings. The van der Waals surface area contributed by atoms with Gasteiger partial charge in [0.25, 0.3) is 0 Å². The molecule has 1 N–H and O–H groups in total. The second kappa shape index (κ2) is 6.61. The number of methoxy groups -OCH3 is 1. The Labute approximate surface area is 109 Å². The van der Waals surface area contributed by atoms with E-state index in [-0.39, 0.29) is 19.0 Å². The van der Waals surface area contributed by atoms with Crippen LogP contribution in [0.25, 0.3) is 0 Å². The van der Waals surface area contributed by atoms with Gasteiger partial charge in [0.2, 0.25) is 0 Å². The zero-order valence-electron chi connectivity index (χ0n) is 9.77. The molecule has 1 atom stereocenters. The highest BCUT2D eigenvalue weighted by atomic mass is 79.9. The van der Waals surface area contributed by atoms with Gasteiger partial charge in [-0.25, -0.2) is 0 Å². The minimum Gasteiger partial charge on any atom is -0.493 e. The van der Waals surface area contributed by atoms with Gasteiger partial charge in [-0.3, -0.25) is 4.79 Å². The first-order valence-corrected chi connectivity index (χ1v) is 6.01. The summed E-state index contributed by atoms with van der Waals surface area (Å²) in [6, 6.07) is 5.36. The standard InChI is InChI=1S/C12H15BrO4/c1-8(14)10-7-9(13)3-4-11(10)17-6-5-12(15)16-2/h3-4,7-8,14H,5-6H2,1-2H3/t8-/m1/s1. The van der Waals surface area contributed by atoms with Crippen molar-refractivity contribution in [2.24, 2.45) is 0 Å². The lowest BCUT2D eigenvalue weighted by Crippen LogP contribution is -2.09. The summed E-state index contributed by atoms with van der Waals surface area (Å²) in [5.74, 6) is 0.257. The number of halogens is 1. The Morgan fingerprint density at radius 2 is 2.24 bits per heavy atom. The van der Waals surface area contributed by atoms with Crippen LogP contribution in [0.4, 0.5) is 0 Å². The summed E-state index contributed by atoms with van der Waals surface area (Å²) in [6.45, 7) is 1.89. The van der Waals surface area contributed by atoms with Gasteiger partial charge in [-0.1, -0.05) is 15.9 Å². The number of carbonyl (C=O) groups excluding carboxylic acids is 1. The molecular weight excluding hydrogens is 288 g/mol. The average Bonchev–Trinajstić information content (AvgIpc) is 2.30. The summed E-state index contributed by atoms with van der Waals surface area (Å²) in [7, 11) is 1.34. The van der Waals surface area contributed by atoms with E-state index in [0.717, 1.165) is 4.47 Å². The summed E-state index contributed by atoms with van der Waals surface area (Å²) in [6.07, 6.45) is -0.438. The summed E-state index contributed by atoms with van der Waals surface area (Å²) >= 11 is 3.33. The molecule has 1 rings (SSSR count). The molecule has 0 spiro atoms. The van der Waals surface area contributed by atoms with Crippen LogP contribution in [-0.2, 0) is 9.53 Å². The van der Waals surface area contributed by atoms with Gasteiger partial charge in [-0.05, 0) is 25.1 Å². The van der Waals surface area contributed by atoms with Crippen LogP contribution < -0.4 is 4.74 Å². The summed E-state index contributed by atoms with van der Waals surface area (Å²) in [4.78, 5) is 10.9. The van der Waals surface area contributed by atoms with E-state index in [2.05, 4.69) is 20.7 Å². The van der Waals surface area contributed by atoms with Crippen molar-refractivity contribution in [1.82, 2.24) is 0 Å². The van der Waals surface area contributed by atoms with Crippen molar-refractivity contribution in [3.8, 4) is 5.75 Å². The van der Waals surface area contributed by atoms with Gasteiger partial charge < -0.3 is 14.6 Å². The SMILES string of the molecule is COC(=O)CCOc1ccc(Br)cc1[C@@H](C)O. The predicted molar refractivity (Wildman–Crippen MR) is 66.9 cm³/mol. The first kappa shape index (κ1) is 14.0. The first-order valence-electron chi connectivity index (χ1n) is 5.21. The van der Waals surface area contributed by atoms with Crippen LogP contribution in [0.1, 0.15) is 25.0 Å². The molecule has 0 radical (unpaired) electrons. The average molecular weight is 303 g/mol. The highest BCUT2D eigenvalue weighted by Crippen LogP contribution is 2.28. The molecule has 0 aliphatic rings. The van der Waals surface area contributed by atoms with E-state index in [4.69, 9.17) is 4.74 Å². The van der Waals surface area contributed by atoms with Crippen LogP contribution in [0.5, 0.6) is 5.75 Å². The van der Waals surface area contributed by atoms with Crippen LogP contribution in [0.3, 0.4) is 0 Å². The molecule has 17 heavy (non-hydrogen) atoms. The van der Waals surface area contributed by atoms with E-state index in [9.17, 15) is 9.90 Å². The summed E-state index contributed by atoms with van der Waals surface area (Å²) in [5.41, 5.74) is 0.684. The number of hydrogen-bond acceptors (Lipinski definition) is 4. The van der Waals surface area contributed by atoms with E-state index < -0.39 is 6.10 Å². The normalized spacial score (nSPS) is 12.0. The molecule has 0 bridgehead atoms. The van der Waals surface area contributed by atoms with Gasteiger partial charge in [0.15, 0.2) is 0 Å². The molecule has 0 saturated heterocycles. The molecule has 5 heteroatoms. The predicted octanol–water partition coefficient (Wildman–Crippen LogP) is 2.44. The van der Waals surface area contributed by atoms with Gasteiger partial charge in [0.05, 0.1) is 26.2 Å². The Balaban J connectivity index is 2.67. The Kier molecular flexibility index (Phi) is 5.44. The number of hydrogen-bond donors (Lipinski definition) is 1. The minimum atomic E-state index is -0.624. The Morgan fingerprint density at radius 3 is 2.82 bits per heavy atom. The topological polar surface area (TPSA) is 55.8 Å². The maximum absolute atomic E-state index is 10.9. The van der Waals surface area contributed by atoms with Crippen LogP contribution >= 0.6 is 15.9 Å². The zero-order chi connectivity index (χ0) is 12.8. The van der Waals surface area contributed by atoms with Crippen LogP contribution in [0.15, 0.2) is 22.7 Å². The fraction of sp³-hybridized carbons (Fsp3) is 0.417. The number of esters is 1. The number of carbonyl (C=O) groups is 1. The maximum atomic E-state index is 10.9. The van der Waals surface area contributed by atoms with Crippen LogP contribution in [0.2, 0.25) is 0 Å². The molecule has 0 aliphatic carbocycles. The summed E-state index contributed by atoms with van der Waals surface area (Å²) in [5, 5.41) is 9.59. The Hall–Kier alpha value is -1.07. The smallest absolute Gasteiger partial charge is 0.308 e. The molecule has 1 aromatic carbocycles. The van der Waals surface area contributed by atoms with E-state index >= 15 is 0 Å². The van der Waals surface area contributed by atoms with Gasteiger partial charge in [-0.15, -0.1) is 0 Å². The van der Waals surface area contributed by atoms with Crippen molar-refractivity contribution >= 4 is 21.9 Å². The molecular formula is C12H15BrO4. The first-order chi connectivity index (χ1) is 8.04. The third kappa shape index (κ3) is 4.36. The fourth-order valence-electron chi connectivity index (χ4n) is 1.32. The minimum absolute atomic E-state index is 0.186. The monoisotopic (exact) mass is 302 g/mol. The lowest BCUT2D eigenvalue weighted by Gasteiger charge is -2.13. The quantitative estimate of drug-likeness (QED) is 0.849. The van der Waals surface area contributed by atoms with Gasteiger partial charge >= 0.3 is 5.97 Å². The molecule has 0 unspecified atom stereocenters. The van der Waals surface area contributed by atoms with Crippen molar-refractivity contribution < 1.29 is 19.4 Å². The fourth-order valence-corrected chi connectivity index (χ4v) is 1.70. The van der Waals surface area contributed by atoms with E-state index in [1.165, 1.54) is 7.11 Å². The Morgan fingerprint density at radius 1 is 1.53 bits per heavy atom. The Bertz CT molecular complexity index is 390. The molecule has 4 nitrogen and oxygen atoms in total. The summed E-state index contributed by atoms with van der Waals surface area (Å²) < 4.78 is 10.8. The largest absolute Gasteiger partial charge is 0.493 e. The zero-order valence-corrected chi connectivity index (χ0v) is 11.4. The molecule has 0 aromatic heterocycles. The molecule has 94 valence electrons. The van der Waals surface area contributed by atoms with Crippen molar-refractivity contribution in [2.75, 3.05) is 13.7 Å². The van der Waals surface area contributed by atoms with Gasteiger partial charge in [-0.2, -0.15) is 0 Å². The highest BCUT2D eigenvalue weighted by Gasteiger charge is 2.10. The molecule has 0 heterocycles. The van der Waals surface area contributed by atoms with Crippen LogP contribution in [-0.4, -0.2) is 24.8 Å². The maximum Gasteiger partial charge on any atom is 0.308 e. The lowest BCUT2D eigenvalue weighted by atomic mass is 10.1. The highest BCUT2D eigenvalue weighted by molar-refractivity contribution is 9.10. The molecule has 0 aliphatic heterocycles. The number of aliphatic hydroxyl groups excluding tert-OH is 1. The lowest BCUT2D eigenvalue weighted by molar-refractivity contribution is -0.141. The number of rotatable bonds is 5. The van der Waals surface area contributed by atoms with Gasteiger partial charge in [0.1, 0.15) is 5.75 Å². The third-order valence-electron chi connectivity index (χ3n) is 2.21. The van der Waals surface area contributed by atoms with E-state index in [0.29, 0.717) is 11.3 Å². The third-order valence-corrected chi connectivity index (χ3v) is 2.71. The van der Waals surface area contributed by atoms with Crippen molar-refractivity contribution in [1.29, 1.82) is 0 Å². The molecule has 0 saturated carbocycles. The van der Waals surface area contributed by atoms with Crippen molar-refractivity contribution in [3.05, 3.63) is 28.2 Å². The number of ether oxygens (including phenoxy) is 2. The number of benzene rings is 1.